The summed E-state index contributed by atoms with van der Waals surface area (Å²) in [6.07, 6.45) is 31.3. The molecule has 2 fully saturated rings. The van der Waals surface area contributed by atoms with Crippen LogP contribution in [0.3, 0.4) is 0 Å². The molecular weight excluding hydrogens is 611 g/mol. The van der Waals surface area contributed by atoms with Gasteiger partial charge in [-0.15, -0.1) is 0 Å². The molecule has 3 nitrogen and oxygen atoms in total. The minimum absolute atomic E-state index is 0.275. The van der Waals surface area contributed by atoms with E-state index in [1.54, 1.807) is 0 Å². The van der Waals surface area contributed by atoms with Crippen molar-refractivity contribution in [2.45, 2.75) is 222 Å². The first-order chi connectivity index (χ1) is 23.8. The first-order valence-electron chi connectivity index (χ1n) is 22.7. The minimum Gasteiger partial charge on any atom is -0.347 e. The normalized spacial score (nSPS) is 33.1. The topological polar surface area (TPSA) is 21.7 Å². The molecule has 2 aliphatic rings. The van der Waals surface area contributed by atoms with Crippen molar-refractivity contribution in [3.63, 3.8) is 0 Å². The van der Waals surface area contributed by atoms with Crippen LogP contribution in [-0.4, -0.2) is 44.0 Å². The summed E-state index contributed by atoms with van der Waals surface area (Å²) < 4.78 is 13.5. The van der Waals surface area contributed by atoms with Crippen LogP contribution in [0.2, 0.25) is 0 Å². The molecule has 2 rings (SSSR count). The molecule has 0 radical (unpaired) electrons. The van der Waals surface area contributed by atoms with E-state index in [1.165, 1.54) is 128 Å². The highest BCUT2D eigenvalue weighted by Crippen LogP contribution is 2.40. The smallest absolute Gasteiger partial charge is 0.168 e. The van der Waals surface area contributed by atoms with E-state index in [4.69, 9.17) is 9.47 Å². The third-order valence-electron chi connectivity index (χ3n) is 13.3. The average Bonchev–Trinajstić information content (AvgIpc) is 3.45. The van der Waals surface area contributed by atoms with Gasteiger partial charge in [-0.2, -0.15) is 0 Å². The Morgan fingerprint density at radius 1 is 0.580 bits per heavy atom. The van der Waals surface area contributed by atoms with Gasteiger partial charge in [0.2, 0.25) is 0 Å². The fourth-order valence-electron chi connectivity index (χ4n) is 9.53. The quantitative estimate of drug-likeness (QED) is 0.191. The van der Waals surface area contributed by atoms with Crippen molar-refractivity contribution in [2.75, 3.05) is 27.2 Å². The van der Waals surface area contributed by atoms with Gasteiger partial charge in [-0.1, -0.05) is 165 Å². The Hall–Kier alpha value is -0.120. The van der Waals surface area contributed by atoms with Crippen molar-refractivity contribution < 1.29 is 9.47 Å². The van der Waals surface area contributed by atoms with Crippen LogP contribution < -0.4 is 0 Å². The van der Waals surface area contributed by atoms with E-state index in [0.717, 1.165) is 85.7 Å². The second-order valence-electron chi connectivity index (χ2n) is 19.8. The molecule has 1 heterocycles. The predicted octanol–water partition coefficient (Wildman–Crippen LogP) is 14.4. The summed E-state index contributed by atoms with van der Waals surface area (Å²) in [4.78, 5) is 2.29. The van der Waals surface area contributed by atoms with Crippen LogP contribution in [0.15, 0.2) is 0 Å². The molecular formula is C47H93NO2. The number of ether oxygens (including phenoxy) is 2. The lowest BCUT2D eigenvalue weighted by molar-refractivity contribution is -0.182. The summed E-state index contributed by atoms with van der Waals surface area (Å²) >= 11 is 0. The first kappa shape index (κ1) is 46.0. The monoisotopic (exact) mass is 704 g/mol. The summed E-state index contributed by atoms with van der Waals surface area (Å²) in [5.41, 5.74) is 0. The zero-order chi connectivity index (χ0) is 36.9. The molecule has 1 spiro atoms. The summed E-state index contributed by atoms with van der Waals surface area (Å²) in [6.45, 7) is 24.4. The van der Waals surface area contributed by atoms with E-state index >= 15 is 0 Å². The van der Waals surface area contributed by atoms with E-state index in [1.807, 2.05) is 0 Å². The van der Waals surface area contributed by atoms with Gasteiger partial charge in [0.15, 0.2) is 5.79 Å². The molecule has 0 aromatic heterocycles. The van der Waals surface area contributed by atoms with Gasteiger partial charge in [-0.05, 0) is 106 Å². The Balaban J connectivity index is 2.11. The van der Waals surface area contributed by atoms with Crippen molar-refractivity contribution in [2.24, 2.45) is 53.3 Å². The minimum atomic E-state index is -0.338. The zero-order valence-corrected chi connectivity index (χ0v) is 36.2. The Labute approximate surface area is 316 Å². The van der Waals surface area contributed by atoms with Crippen molar-refractivity contribution >= 4 is 0 Å². The lowest BCUT2D eigenvalue weighted by atomic mass is 9.72. The average molecular weight is 704 g/mol. The van der Waals surface area contributed by atoms with Crippen molar-refractivity contribution in [3.8, 4) is 0 Å². The van der Waals surface area contributed by atoms with E-state index in [0.29, 0.717) is 0 Å². The van der Waals surface area contributed by atoms with Crippen LogP contribution >= 0.6 is 0 Å². The van der Waals surface area contributed by atoms with Gasteiger partial charge in [0, 0.05) is 12.8 Å². The van der Waals surface area contributed by atoms with E-state index in [2.05, 4.69) is 81.3 Å². The fraction of sp³-hybridized carbons (Fsp3) is 1.00. The molecule has 1 saturated heterocycles. The standard InChI is InChI=1S/C47H93NO2/c1-37(2)18-12-25-43(9)46-30-29-40(6)21-15-23-42(8)32-34-47(49-36-45(50-47)28-17-35-48(10)11)33-31-41(7)22-14-20-39(5)24-16-27-44(46)26-13-19-38(3)4/h37-46H,12-36H2,1-11H3. The van der Waals surface area contributed by atoms with Crippen LogP contribution in [0.1, 0.15) is 210 Å². The third kappa shape index (κ3) is 20.4. The summed E-state index contributed by atoms with van der Waals surface area (Å²) in [5, 5.41) is 0. The van der Waals surface area contributed by atoms with Gasteiger partial charge in [0.25, 0.3) is 0 Å². The highest BCUT2D eigenvalue weighted by Gasteiger charge is 2.41. The number of nitrogens with zero attached hydrogens (tertiary/aromatic N) is 1. The SMILES string of the molecule is CC(C)CCCC(C)C1CCC(C)CCCC(C)CCC2(CCC(C)CCCC(C)CCCC1CCCC(C)C)OCC(CCCN(C)C)O2. The predicted molar refractivity (Wildman–Crippen MR) is 221 cm³/mol. The molecule has 0 aromatic rings. The highest BCUT2D eigenvalue weighted by atomic mass is 16.7. The molecule has 3 heteroatoms. The number of rotatable bonds is 13. The Morgan fingerprint density at radius 2 is 1.10 bits per heavy atom. The van der Waals surface area contributed by atoms with Gasteiger partial charge in [-0.3, -0.25) is 0 Å². The Kier molecular flexibility index (Phi) is 23.8. The molecule has 9 atom stereocenters. The van der Waals surface area contributed by atoms with E-state index in [-0.39, 0.29) is 11.9 Å². The molecule has 9 unspecified atom stereocenters. The molecule has 1 aliphatic carbocycles. The van der Waals surface area contributed by atoms with Crippen LogP contribution in [-0.2, 0) is 9.47 Å². The van der Waals surface area contributed by atoms with Crippen molar-refractivity contribution in [3.05, 3.63) is 0 Å². The van der Waals surface area contributed by atoms with Gasteiger partial charge >= 0.3 is 0 Å². The van der Waals surface area contributed by atoms with Crippen LogP contribution in [0.25, 0.3) is 0 Å². The summed E-state index contributed by atoms with van der Waals surface area (Å²) in [5.74, 6) is 7.25. The lowest BCUT2D eigenvalue weighted by Crippen LogP contribution is -2.32. The maximum Gasteiger partial charge on any atom is 0.168 e. The largest absolute Gasteiger partial charge is 0.347 e. The Morgan fingerprint density at radius 3 is 1.66 bits per heavy atom. The van der Waals surface area contributed by atoms with Crippen LogP contribution in [0.4, 0.5) is 0 Å². The molecule has 1 aliphatic heterocycles. The number of hydrogen-bond donors (Lipinski definition) is 0. The van der Waals surface area contributed by atoms with Crippen molar-refractivity contribution in [1.82, 2.24) is 4.90 Å². The van der Waals surface area contributed by atoms with Crippen LogP contribution in [0, 0.1) is 53.3 Å². The summed E-state index contributed by atoms with van der Waals surface area (Å²) in [7, 11) is 4.35. The zero-order valence-electron chi connectivity index (χ0n) is 36.2. The maximum absolute atomic E-state index is 6.87. The maximum atomic E-state index is 6.87. The Bertz CT molecular complexity index is 811. The van der Waals surface area contributed by atoms with Gasteiger partial charge < -0.3 is 14.4 Å². The van der Waals surface area contributed by atoms with Gasteiger partial charge in [-0.25, -0.2) is 0 Å². The van der Waals surface area contributed by atoms with Crippen molar-refractivity contribution in [1.29, 1.82) is 0 Å². The third-order valence-corrected chi connectivity index (χ3v) is 13.3. The second kappa shape index (κ2) is 25.8. The molecule has 0 aromatic carbocycles. The molecule has 298 valence electrons. The number of hydrogen-bond acceptors (Lipinski definition) is 3. The lowest BCUT2D eigenvalue weighted by Gasteiger charge is -2.34. The molecule has 50 heavy (non-hydrogen) atoms. The van der Waals surface area contributed by atoms with E-state index < -0.39 is 0 Å². The fourth-order valence-corrected chi connectivity index (χ4v) is 9.53. The first-order valence-corrected chi connectivity index (χ1v) is 22.7. The molecule has 0 amide bonds. The summed E-state index contributed by atoms with van der Waals surface area (Å²) in [6, 6.07) is 0. The highest BCUT2D eigenvalue weighted by molar-refractivity contribution is 4.82. The second-order valence-corrected chi connectivity index (χ2v) is 19.8. The van der Waals surface area contributed by atoms with E-state index in [9.17, 15) is 0 Å². The van der Waals surface area contributed by atoms with Gasteiger partial charge in [0.05, 0.1) is 12.7 Å². The molecule has 1 saturated carbocycles. The molecule has 0 bridgehead atoms. The van der Waals surface area contributed by atoms with Crippen LogP contribution in [0.5, 0.6) is 0 Å². The molecule has 0 N–H and O–H groups in total. The van der Waals surface area contributed by atoms with Gasteiger partial charge in [0.1, 0.15) is 0 Å².